The predicted octanol–water partition coefficient (Wildman–Crippen LogP) is 3.71. The van der Waals surface area contributed by atoms with Gasteiger partial charge in [0.15, 0.2) is 0 Å². The third kappa shape index (κ3) is 3.75. The predicted molar refractivity (Wildman–Crippen MR) is 109 cm³/mol. The number of aromatic nitrogens is 3. The Morgan fingerprint density at radius 3 is 1.82 bits per heavy atom. The van der Waals surface area contributed by atoms with Gasteiger partial charge in [-0.05, 0) is 5.56 Å². The second-order valence-electron chi connectivity index (χ2n) is 6.43. The number of hydrogen-bond acceptors (Lipinski definition) is 4. The highest BCUT2D eigenvalue weighted by Crippen LogP contribution is 2.27. The van der Waals surface area contributed by atoms with E-state index in [4.69, 9.17) is 0 Å². The Morgan fingerprint density at radius 2 is 1.25 bits per heavy atom. The summed E-state index contributed by atoms with van der Waals surface area (Å²) in [5.41, 5.74) is 3.05. The molecule has 0 radical (unpaired) electrons. The lowest BCUT2D eigenvalue weighted by Crippen LogP contribution is -2.29. The Kier molecular flexibility index (Phi) is 5.08. The Balaban J connectivity index is 1.80. The average Bonchev–Trinajstić information content (AvgIpc) is 2.76. The maximum Gasteiger partial charge on any atom is 0.364 e. The third-order valence-corrected chi connectivity index (χ3v) is 4.50. The first kappa shape index (κ1) is 17.8. The second-order valence-corrected chi connectivity index (χ2v) is 6.43. The van der Waals surface area contributed by atoms with Gasteiger partial charge in [-0.3, -0.25) is 0 Å². The smallest absolute Gasteiger partial charge is 0.364 e. The molecule has 0 saturated carbocycles. The fourth-order valence-electron chi connectivity index (χ4n) is 3.07. The molecular weight excluding hydrogens is 350 g/mol. The molecule has 4 aromatic rings. The van der Waals surface area contributed by atoms with Crippen LogP contribution < -0.4 is 5.69 Å². The molecule has 0 bridgehead atoms. The molecular formula is C23H19N3O2. The van der Waals surface area contributed by atoms with Gasteiger partial charge in [0.1, 0.15) is 11.4 Å². The normalized spacial score (nSPS) is 11.9. The van der Waals surface area contributed by atoms with Crippen molar-refractivity contribution in [2.24, 2.45) is 0 Å². The van der Waals surface area contributed by atoms with Crippen molar-refractivity contribution in [3.8, 4) is 22.5 Å². The second kappa shape index (κ2) is 7.98. The number of nitrogens with zero attached hydrogens (tertiary/aromatic N) is 3. The maximum atomic E-state index is 12.6. The van der Waals surface area contributed by atoms with E-state index in [0.717, 1.165) is 16.7 Å². The molecule has 0 amide bonds. The Morgan fingerprint density at radius 1 is 0.750 bits per heavy atom. The molecule has 0 saturated heterocycles. The highest BCUT2D eigenvalue weighted by atomic mass is 16.3. The summed E-state index contributed by atoms with van der Waals surface area (Å²) in [4.78, 5) is 16.9. The summed E-state index contributed by atoms with van der Waals surface area (Å²) in [6.45, 7) is 0.0325. The van der Waals surface area contributed by atoms with Gasteiger partial charge in [-0.15, -0.1) is 0 Å². The maximum absolute atomic E-state index is 12.6. The minimum Gasteiger partial charge on any atom is -0.386 e. The molecule has 1 aromatic heterocycles. The zero-order valence-electron chi connectivity index (χ0n) is 15.1. The van der Waals surface area contributed by atoms with Crippen LogP contribution in [0, 0.1) is 0 Å². The summed E-state index contributed by atoms with van der Waals surface area (Å²) in [5.74, 6) is 0. The van der Waals surface area contributed by atoms with Crippen LogP contribution in [0.1, 0.15) is 11.7 Å². The van der Waals surface area contributed by atoms with Gasteiger partial charge in [0.05, 0.1) is 12.6 Å². The zero-order chi connectivity index (χ0) is 19.3. The van der Waals surface area contributed by atoms with Gasteiger partial charge in [-0.2, -0.15) is 10.1 Å². The monoisotopic (exact) mass is 369 g/mol. The molecule has 138 valence electrons. The number of rotatable bonds is 5. The topological polar surface area (TPSA) is 68.0 Å². The molecule has 1 unspecified atom stereocenters. The van der Waals surface area contributed by atoms with E-state index in [1.54, 1.807) is 0 Å². The number of benzene rings is 3. The molecule has 0 aliphatic carbocycles. The molecule has 1 atom stereocenters. The third-order valence-electron chi connectivity index (χ3n) is 4.50. The minimum atomic E-state index is -0.848. The lowest BCUT2D eigenvalue weighted by molar-refractivity contribution is 0.148. The molecule has 5 nitrogen and oxygen atoms in total. The van der Waals surface area contributed by atoms with E-state index >= 15 is 0 Å². The lowest BCUT2D eigenvalue weighted by atomic mass is 10.0. The molecule has 4 rings (SSSR count). The molecule has 5 heteroatoms. The Bertz CT molecular complexity index is 1110. The van der Waals surface area contributed by atoms with E-state index in [9.17, 15) is 9.90 Å². The molecule has 3 aromatic carbocycles. The molecule has 0 aliphatic heterocycles. The van der Waals surface area contributed by atoms with Gasteiger partial charge in [-0.25, -0.2) is 9.48 Å². The van der Waals surface area contributed by atoms with Crippen LogP contribution in [-0.4, -0.2) is 19.9 Å². The highest BCUT2D eigenvalue weighted by Gasteiger charge is 2.17. The van der Waals surface area contributed by atoms with Gasteiger partial charge >= 0.3 is 5.69 Å². The molecule has 1 N–H and O–H groups in total. The number of aliphatic hydroxyl groups excluding tert-OH is 1. The van der Waals surface area contributed by atoms with Crippen LogP contribution in [0.5, 0.6) is 0 Å². The SMILES string of the molecule is O=c1nc(-c2ccccc2)c(-c2ccccc2)nn1CC(O)c1ccccc1. The zero-order valence-corrected chi connectivity index (χ0v) is 15.1. The molecule has 0 fully saturated rings. The quantitative estimate of drug-likeness (QED) is 0.582. The van der Waals surface area contributed by atoms with Gasteiger partial charge < -0.3 is 5.11 Å². The fourth-order valence-corrected chi connectivity index (χ4v) is 3.07. The van der Waals surface area contributed by atoms with Gasteiger partial charge in [-0.1, -0.05) is 91.0 Å². The summed E-state index contributed by atoms with van der Waals surface area (Å²) in [6, 6.07) is 28.3. The van der Waals surface area contributed by atoms with Crippen LogP contribution in [0.15, 0.2) is 95.8 Å². The number of hydrogen-bond donors (Lipinski definition) is 1. The van der Waals surface area contributed by atoms with E-state index in [1.807, 2.05) is 91.0 Å². The van der Waals surface area contributed by atoms with Crippen molar-refractivity contribution in [2.75, 3.05) is 0 Å². The molecule has 1 heterocycles. The van der Waals surface area contributed by atoms with Crippen LogP contribution in [0.3, 0.4) is 0 Å². The first-order valence-corrected chi connectivity index (χ1v) is 9.05. The Labute approximate surface area is 162 Å². The van der Waals surface area contributed by atoms with E-state index < -0.39 is 11.8 Å². The van der Waals surface area contributed by atoms with Crippen molar-refractivity contribution < 1.29 is 5.11 Å². The van der Waals surface area contributed by atoms with E-state index in [1.165, 1.54) is 4.68 Å². The summed E-state index contributed by atoms with van der Waals surface area (Å²) in [5, 5.41) is 15.1. The standard InChI is InChI=1S/C23H19N3O2/c27-20(17-10-4-1-5-11-17)16-26-23(28)24-21(18-12-6-2-7-13-18)22(25-26)19-14-8-3-9-15-19/h1-15,20,27H,16H2. The highest BCUT2D eigenvalue weighted by molar-refractivity contribution is 5.77. The van der Waals surface area contributed by atoms with E-state index in [2.05, 4.69) is 10.1 Å². The Hall–Kier alpha value is -3.57. The average molecular weight is 369 g/mol. The van der Waals surface area contributed by atoms with Crippen LogP contribution in [0.2, 0.25) is 0 Å². The molecule has 0 aliphatic rings. The summed E-state index contributed by atoms with van der Waals surface area (Å²) in [6.07, 6.45) is -0.848. The van der Waals surface area contributed by atoms with Gasteiger partial charge in [0, 0.05) is 11.1 Å². The van der Waals surface area contributed by atoms with Crippen LogP contribution in [0.25, 0.3) is 22.5 Å². The van der Waals surface area contributed by atoms with Crippen molar-refractivity contribution in [3.05, 3.63) is 107 Å². The van der Waals surface area contributed by atoms with Gasteiger partial charge in [0.25, 0.3) is 0 Å². The van der Waals surface area contributed by atoms with E-state index in [0.29, 0.717) is 11.4 Å². The van der Waals surface area contributed by atoms with Crippen molar-refractivity contribution in [1.29, 1.82) is 0 Å². The van der Waals surface area contributed by atoms with Crippen molar-refractivity contribution in [3.63, 3.8) is 0 Å². The largest absolute Gasteiger partial charge is 0.386 e. The fraction of sp³-hybridized carbons (Fsp3) is 0.0870. The van der Waals surface area contributed by atoms with Crippen molar-refractivity contribution in [2.45, 2.75) is 12.6 Å². The summed E-state index contributed by atoms with van der Waals surface area (Å²) < 4.78 is 1.23. The van der Waals surface area contributed by atoms with Crippen LogP contribution in [-0.2, 0) is 6.54 Å². The first-order valence-electron chi connectivity index (χ1n) is 9.05. The van der Waals surface area contributed by atoms with E-state index in [-0.39, 0.29) is 6.54 Å². The summed E-state index contributed by atoms with van der Waals surface area (Å²) >= 11 is 0. The minimum absolute atomic E-state index is 0.0325. The summed E-state index contributed by atoms with van der Waals surface area (Å²) in [7, 11) is 0. The lowest BCUT2D eigenvalue weighted by Gasteiger charge is -2.15. The molecule has 0 spiro atoms. The van der Waals surface area contributed by atoms with Crippen LogP contribution >= 0.6 is 0 Å². The van der Waals surface area contributed by atoms with Gasteiger partial charge in [0.2, 0.25) is 0 Å². The van der Waals surface area contributed by atoms with Crippen LogP contribution in [0.4, 0.5) is 0 Å². The first-order chi connectivity index (χ1) is 13.7. The van der Waals surface area contributed by atoms with Crippen molar-refractivity contribution in [1.82, 2.24) is 14.8 Å². The number of aliphatic hydroxyl groups is 1. The molecule has 28 heavy (non-hydrogen) atoms. The van der Waals surface area contributed by atoms with Crippen molar-refractivity contribution >= 4 is 0 Å².